The Morgan fingerprint density at radius 3 is 2.74 bits per heavy atom. The largest absolute Gasteiger partial charge is 0.368 e. The molecule has 4 nitrogen and oxygen atoms in total. The fourth-order valence-electron chi connectivity index (χ4n) is 2.35. The van der Waals surface area contributed by atoms with Crippen molar-refractivity contribution in [1.29, 1.82) is 0 Å². The number of alkyl halides is 1. The van der Waals surface area contributed by atoms with Gasteiger partial charge in [-0.2, -0.15) is 9.61 Å². The van der Waals surface area contributed by atoms with Crippen molar-refractivity contribution in [2.24, 2.45) is 5.92 Å². The number of pyridine rings is 1. The van der Waals surface area contributed by atoms with E-state index in [4.69, 9.17) is 11.6 Å². The molecular weight excluding hydrogens is 260 g/mol. The summed E-state index contributed by atoms with van der Waals surface area (Å²) in [7, 11) is 0. The van der Waals surface area contributed by atoms with Gasteiger partial charge in [0.2, 0.25) is 0 Å². The second kappa shape index (κ2) is 6.24. The van der Waals surface area contributed by atoms with E-state index in [2.05, 4.69) is 42.2 Å². The van der Waals surface area contributed by atoms with Gasteiger partial charge in [0.15, 0.2) is 5.65 Å². The zero-order valence-electron chi connectivity index (χ0n) is 11.7. The molecule has 0 fully saturated rings. The van der Waals surface area contributed by atoms with Gasteiger partial charge >= 0.3 is 0 Å². The standard InChI is InChI=1S/C14H21ClN4/c1-4-11(5-2)12(15)8-16-13-6-10(3)7-14-17-9-18-19(13)14/h6-7,9,11-12,16H,4-5,8H2,1-3H3. The van der Waals surface area contributed by atoms with E-state index in [0.717, 1.165) is 36.4 Å². The monoisotopic (exact) mass is 280 g/mol. The van der Waals surface area contributed by atoms with Crippen LogP contribution in [0.25, 0.3) is 5.65 Å². The van der Waals surface area contributed by atoms with Gasteiger partial charge in [-0.1, -0.05) is 26.7 Å². The summed E-state index contributed by atoms with van der Waals surface area (Å²) < 4.78 is 1.81. The van der Waals surface area contributed by atoms with Crippen LogP contribution in [0.15, 0.2) is 18.5 Å². The van der Waals surface area contributed by atoms with E-state index in [0.29, 0.717) is 5.92 Å². The van der Waals surface area contributed by atoms with Crippen LogP contribution < -0.4 is 5.32 Å². The highest BCUT2D eigenvalue weighted by Crippen LogP contribution is 2.20. The maximum absolute atomic E-state index is 6.45. The molecule has 2 aromatic rings. The number of nitrogens with zero attached hydrogens (tertiary/aromatic N) is 3. The molecule has 0 saturated heterocycles. The lowest BCUT2D eigenvalue weighted by Crippen LogP contribution is -2.23. The first-order chi connectivity index (χ1) is 9.15. The van der Waals surface area contributed by atoms with Crippen LogP contribution in [0.1, 0.15) is 32.3 Å². The molecule has 2 aromatic heterocycles. The molecule has 104 valence electrons. The summed E-state index contributed by atoms with van der Waals surface area (Å²) in [5, 5.41) is 7.75. The topological polar surface area (TPSA) is 42.2 Å². The lowest BCUT2D eigenvalue weighted by atomic mass is 9.99. The van der Waals surface area contributed by atoms with Gasteiger partial charge in [0.1, 0.15) is 12.1 Å². The van der Waals surface area contributed by atoms with E-state index in [-0.39, 0.29) is 5.38 Å². The molecule has 0 aliphatic carbocycles. The van der Waals surface area contributed by atoms with E-state index < -0.39 is 0 Å². The first-order valence-corrected chi connectivity index (χ1v) is 7.27. The summed E-state index contributed by atoms with van der Waals surface area (Å²) in [6, 6.07) is 4.08. The van der Waals surface area contributed by atoms with Crippen LogP contribution in [0.3, 0.4) is 0 Å². The molecule has 0 saturated carbocycles. The molecule has 0 spiro atoms. The Hall–Kier alpha value is -1.29. The Kier molecular flexibility index (Phi) is 4.64. The number of aryl methyl sites for hydroxylation is 1. The lowest BCUT2D eigenvalue weighted by Gasteiger charge is -2.20. The van der Waals surface area contributed by atoms with Gasteiger partial charge in [-0.3, -0.25) is 0 Å². The summed E-state index contributed by atoms with van der Waals surface area (Å²) >= 11 is 6.45. The molecule has 19 heavy (non-hydrogen) atoms. The first kappa shape index (κ1) is 14.1. The Balaban J connectivity index is 2.11. The van der Waals surface area contributed by atoms with Gasteiger partial charge in [0, 0.05) is 6.54 Å². The lowest BCUT2D eigenvalue weighted by molar-refractivity contribution is 0.475. The van der Waals surface area contributed by atoms with Gasteiger partial charge in [0.25, 0.3) is 0 Å². The summed E-state index contributed by atoms with van der Waals surface area (Å²) in [4.78, 5) is 4.21. The Morgan fingerprint density at radius 1 is 1.32 bits per heavy atom. The third-order valence-corrected chi connectivity index (χ3v) is 4.07. The first-order valence-electron chi connectivity index (χ1n) is 6.84. The van der Waals surface area contributed by atoms with Crippen molar-refractivity contribution < 1.29 is 0 Å². The van der Waals surface area contributed by atoms with Gasteiger partial charge in [-0.05, 0) is 30.5 Å². The van der Waals surface area contributed by atoms with Crippen LogP contribution in [-0.2, 0) is 0 Å². The molecule has 1 N–H and O–H groups in total. The second-order valence-corrected chi connectivity index (χ2v) is 5.48. The van der Waals surface area contributed by atoms with E-state index in [1.165, 1.54) is 0 Å². The normalized spacial score (nSPS) is 13.1. The third-order valence-electron chi connectivity index (χ3n) is 3.56. The highest BCUT2D eigenvalue weighted by Gasteiger charge is 2.16. The molecule has 2 heterocycles. The van der Waals surface area contributed by atoms with E-state index in [1.807, 2.05) is 10.6 Å². The highest BCUT2D eigenvalue weighted by atomic mass is 35.5. The number of fused-ring (bicyclic) bond motifs is 1. The van der Waals surface area contributed by atoms with Gasteiger partial charge in [-0.25, -0.2) is 4.98 Å². The Morgan fingerprint density at radius 2 is 2.05 bits per heavy atom. The van der Waals surface area contributed by atoms with Crippen LogP contribution in [0.4, 0.5) is 5.82 Å². The fourth-order valence-corrected chi connectivity index (χ4v) is 2.78. The third kappa shape index (κ3) is 3.18. The zero-order valence-corrected chi connectivity index (χ0v) is 12.5. The number of aromatic nitrogens is 3. The van der Waals surface area contributed by atoms with Crippen molar-refractivity contribution in [2.45, 2.75) is 39.0 Å². The molecule has 2 rings (SSSR count). The summed E-state index contributed by atoms with van der Waals surface area (Å²) in [5.41, 5.74) is 2.02. The average molecular weight is 281 g/mol. The summed E-state index contributed by atoms with van der Waals surface area (Å²) in [6.45, 7) is 7.17. The number of anilines is 1. The number of nitrogens with one attached hydrogen (secondary N) is 1. The molecule has 0 bridgehead atoms. The van der Waals surface area contributed by atoms with E-state index >= 15 is 0 Å². The second-order valence-electron chi connectivity index (χ2n) is 4.92. The molecule has 1 atom stereocenters. The van der Waals surface area contributed by atoms with Crippen LogP contribution in [0, 0.1) is 12.8 Å². The maximum atomic E-state index is 6.45. The molecule has 1 unspecified atom stereocenters. The molecule has 0 aromatic carbocycles. The molecule has 5 heteroatoms. The zero-order chi connectivity index (χ0) is 13.8. The van der Waals surface area contributed by atoms with Crippen LogP contribution in [0.5, 0.6) is 0 Å². The summed E-state index contributed by atoms with van der Waals surface area (Å²) in [6.07, 6.45) is 3.79. The molecular formula is C14H21ClN4. The van der Waals surface area contributed by atoms with Crippen molar-refractivity contribution in [3.63, 3.8) is 0 Å². The predicted octanol–water partition coefficient (Wildman–Crippen LogP) is 3.49. The summed E-state index contributed by atoms with van der Waals surface area (Å²) in [5.74, 6) is 1.49. The predicted molar refractivity (Wildman–Crippen MR) is 79.9 cm³/mol. The smallest absolute Gasteiger partial charge is 0.157 e. The number of hydrogen-bond acceptors (Lipinski definition) is 3. The van der Waals surface area contributed by atoms with Crippen molar-refractivity contribution in [3.8, 4) is 0 Å². The molecule has 0 radical (unpaired) electrons. The highest BCUT2D eigenvalue weighted by molar-refractivity contribution is 6.21. The fraction of sp³-hybridized carbons (Fsp3) is 0.571. The van der Waals surface area contributed by atoms with Gasteiger partial charge in [0.05, 0.1) is 5.38 Å². The van der Waals surface area contributed by atoms with Crippen molar-refractivity contribution in [2.75, 3.05) is 11.9 Å². The van der Waals surface area contributed by atoms with Crippen LogP contribution >= 0.6 is 11.6 Å². The van der Waals surface area contributed by atoms with Gasteiger partial charge in [-0.15, -0.1) is 11.6 Å². The minimum absolute atomic E-state index is 0.133. The molecule has 0 aliphatic rings. The Bertz CT molecular complexity index is 533. The van der Waals surface area contributed by atoms with Gasteiger partial charge < -0.3 is 5.32 Å². The number of halogens is 1. The molecule has 0 amide bonds. The van der Waals surface area contributed by atoms with Crippen molar-refractivity contribution >= 4 is 23.1 Å². The quantitative estimate of drug-likeness (QED) is 0.824. The number of hydrogen-bond donors (Lipinski definition) is 1. The average Bonchev–Trinajstić information content (AvgIpc) is 2.85. The number of rotatable bonds is 6. The van der Waals surface area contributed by atoms with Crippen molar-refractivity contribution in [1.82, 2.24) is 14.6 Å². The van der Waals surface area contributed by atoms with E-state index in [1.54, 1.807) is 6.33 Å². The molecule has 0 aliphatic heterocycles. The maximum Gasteiger partial charge on any atom is 0.157 e. The SMILES string of the molecule is CCC(CC)C(Cl)CNc1cc(C)cc2ncnn12. The van der Waals surface area contributed by atoms with E-state index in [9.17, 15) is 0 Å². The minimum atomic E-state index is 0.133. The van der Waals surface area contributed by atoms with Crippen molar-refractivity contribution in [3.05, 3.63) is 24.0 Å². The Labute approximate surface area is 119 Å². The minimum Gasteiger partial charge on any atom is -0.368 e. The van der Waals surface area contributed by atoms with Crippen LogP contribution in [-0.4, -0.2) is 26.5 Å². The van der Waals surface area contributed by atoms with Crippen LogP contribution in [0.2, 0.25) is 0 Å².